The summed E-state index contributed by atoms with van der Waals surface area (Å²) in [5.41, 5.74) is 7.57. The van der Waals surface area contributed by atoms with Gasteiger partial charge < -0.3 is 15.4 Å². The number of nitrogen functional groups attached to an aromatic ring is 1. The van der Waals surface area contributed by atoms with E-state index in [2.05, 4.69) is 4.90 Å². The predicted octanol–water partition coefficient (Wildman–Crippen LogP) is 1.65. The fourth-order valence-corrected chi connectivity index (χ4v) is 1.53. The van der Waals surface area contributed by atoms with E-state index in [-0.39, 0.29) is 5.97 Å². The lowest BCUT2D eigenvalue weighted by Gasteiger charge is -2.16. The normalized spacial score (nSPS) is 10.5. The maximum Gasteiger partial charge on any atom is 0.307 e. The minimum absolute atomic E-state index is 0.142. The van der Waals surface area contributed by atoms with Gasteiger partial charge in [-0.3, -0.25) is 4.79 Å². The van der Waals surface area contributed by atoms with E-state index in [1.165, 1.54) is 5.56 Å². The third kappa shape index (κ3) is 5.36. The first-order valence-electron chi connectivity index (χ1n) is 5.80. The average Bonchev–Trinajstić information content (AvgIpc) is 2.30. The van der Waals surface area contributed by atoms with Crippen molar-refractivity contribution in [3.05, 3.63) is 29.8 Å². The lowest BCUT2D eigenvalue weighted by molar-refractivity contribution is -0.143. The van der Waals surface area contributed by atoms with Gasteiger partial charge in [-0.25, -0.2) is 0 Å². The van der Waals surface area contributed by atoms with Crippen LogP contribution in [0.2, 0.25) is 0 Å². The molecule has 2 N–H and O–H groups in total. The van der Waals surface area contributed by atoms with E-state index < -0.39 is 0 Å². The lowest BCUT2D eigenvalue weighted by Crippen LogP contribution is -2.22. The number of benzene rings is 1. The maximum atomic E-state index is 11.2. The highest BCUT2D eigenvalue weighted by molar-refractivity contribution is 5.69. The van der Waals surface area contributed by atoms with Gasteiger partial charge in [-0.15, -0.1) is 0 Å². The highest BCUT2D eigenvalue weighted by Gasteiger charge is 2.05. The molecule has 4 nitrogen and oxygen atoms in total. The van der Waals surface area contributed by atoms with Crippen LogP contribution in [0.4, 0.5) is 5.69 Å². The van der Waals surface area contributed by atoms with E-state index in [1.807, 2.05) is 38.2 Å². The molecule has 4 heteroatoms. The van der Waals surface area contributed by atoms with Gasteiger partial charge in [0.1, 0.15) is 0 Å². The summed E-state index contributed by atoms with van der Waals surface area (Å²) < 4.78 is 4.88. The van der Waals surface area contributed by atoms with Crippen molar-refractivity contribution in [2.24, 2.45) is 0 Å². The van der Waals surface area contributed by atoms with Crippen molar-refractivity contribution < 1.29 is 9.53 Å². The molecule has 0 aliphatic carbocycles. The Kier molecular flexibility index (Phi) is 5.49. The van der Waals surface area contributed by atoms with Crippen LogP contribution in [-0.4, -0.2) is 31.1 Å². The van der Waals surface area contributed by atoms with E-state index in [0.29, 0.717) is 19.6 Å². The number of hydrogen-bond donors (Lipinski definition) is 1. The summed E-state index contributed by atoms with van der Waals surface area (Å²) in [6.07, 6.45) is 0.430. The van der Waals surface area contributed by atoms with E-state index in [4.69, 9.17) is 10.5 Å². The Morgan fingerprint density at radius 1 is 1.35 bits per heavy atom. The topological polar surface area (TPSA) is 55.6 Å². The molecule has 1 rings (SSSR count). The molecule has 0 radical (unpaired) electrons. The van der Waals surface area contributed by atoms with Gasteiger partial charge in [-0.1, -0.05) is 12.1 Å². The first kappa shape index (κ1) is 13.5. The molecule has 0 bridgehead atoms. The Morgan fingerprint density at radius 3 is 2.59 bits per heavy atom. The van der Waals surface area contributed by atoms with Gasteiger partial charge in [0.15, 0.2) is 0 Å². The van der Waals surface area contributed by atoms with Crippen LogP contribution >= 0.6 is 0 Å². The van der Waals surface area contributed by atoms with Crippen molar-refractivity contribution in [2.45, 2.75) is 19.9 Å². The molecule has 17 heavy (non-hydrogen) atoms. The number of nitrogens with zero attached hydrogens (tertiary/aromatic N) is 1. The van der Waals surface area contributed by atoms with Crippen LogP contribution in [0.3, 0.4) is 0 Å². The SMILES string of the molecule is CCOC(=O)CCN(C)Cc1ccc(N)cc1. The first-order valence-corrected chi connectivity index (χ1v) is 5.80. The molecule has 1 aromatic carbocycles. The molecule has 0 atom stereocenters. The largest absolute Gasteiger partial charge is 0.466 e. The zero-order chi connectivity index (χ0) is 12.7. The number of rotatable bonds is 6. The van der Waals surface area contributed by atoms with Crippen molar-refractivity contribution in [2.75, 3.05) is 25.9 Å². The third-order valence-corrected chi connectivity index (χ3v) is 2.44. The van der Waals surface area contributed by atoms with Gasteiger partial charge in [0.2, 0.25) is 0 Å². The van der Waals surface area contributed by atoms with E-state index >= 15 is 0 Å². The zero-order valence-electron chi connectivity index (χ0n) is 10.5. The Bertz CT molecular complexity index is 349. The van der Waals surface area contributed by atoms with E-state index in [1.54, 1.807) is 0 Å². The molecule has 0 saturated heterocycles. The van der Waals surface area contributed by atoms with Gasteiger partial charge >= 0.3 is 5.97 Å². The smallest absolute Gasteiger partial charge is 0.307 e. The Hall–Kier alpha value is -1.55. The third-order valence-electron chi connectivity index (χ3n) is 2.44. The number of carbonyl (C=O) groups is 1. The molecular weight excluding hydrogens is 216 g/mol. The van der Waals surface area contributed by atoms with Crippen molar-refractivity contribution in [3.63, 3.8) is 0 Å². The van der Waals surface area contributed by atoms with Crippen molar-refractivity contribution >= 4 is 11.7 Å². The van der Waals surface area contributed by atoms with Crippen LogP contribution in [0.15, 0.2) is 24.3 Å². The molecule has 0 saturated carbocycles. The van der Waals surface area contributed by atoms with Gasteiger partial charge in [-0.2, -0.15) is 0 Å². The first-order chi connectivity index (χ1) is 8.11. The van der Waals surface area contributed by atoms with Crippen LogP contribution in [0.5, 0.6) is 0 Å². The Balaban J connectivity index is 2.31. The van der Waals surface area contributed by atoms with Gasteiger partial charge in [0, 0.05) is 18.8 Å². The van der Waals surface area contributed by atoms with Gasteiger partial charge in [0.05, 0.1) is 13.0 Å². The van der Waals surface area contributed by atoms with Crippen LogP contribution in [0.25, 0.3) is 0 Å². The maximum absolute atomic E-state index is 11.2. The number of carbonyl (C=O) groups excluding carboxylic acids is 1. The number of nitrogens with two attached hydrogens (primary N) is 1. The summed E-state index contributed by atoms with van der Waals surface area (Å²) >= 11 is 0. The molecular formula is C13H20N2O2. The van der Waals surface area contributed by atoms with Crippen molar-refractivity contribution in [1.82, 2.24) is 4.90 Å². The number of esters is 1. The van der Waals surface area contributed by atoms with Crippen molar-refractivity contribution in [1.29, 1.82) is 0 Å². The number of anilines is 1. The highest BCUT2D eigenvalue weighted by atomic mass is 16.5. The quantitative estimate of drug-likeness (QED) is 0.603. The molecule has 0 spiro atoms. The molecule has 0 aromatic heterocycles. The van der Waals surface area contributed by atoms with Crippen LogP contribution < -0.4 is 5.73 Å². The minimum Gasteiger partial charge on any atom is -0.466 e. The zero-order valence-corrected chi connectivity index (χ0v) is 10.5. The number of hydrogen-bond acceptors (Lipinski definition) is 4. The summed E-state index contributed by atoms with van der Waals surface area (Å²) in [6, 6.07) is 7.76. The molecule has 0 heterocycles. The number of ether oxygens (including phenoxy) is 1. The van der Waals surface area contributed by atoms with Gasteiger partial charge in [-0.05, 0) is 31.7 Å². The molecule has 0 aliphatic heterocycles. The van der Waals surface area contributed by atoms with Crippen LogP contribution in [0, 0.1) is 0 Å². The summed E-state index contributed by atoms with van der Waals surface area (Å²) in [7, 11) is 1.98. The second-order valence-electron chi connectivity index (χ2n) is 4.03. The Labute approximate surface area is 102 Å². The second-order valence-corrected chi connectivity index (χ2v) is 4.03. The fourth-order valence-electron chi connectivity index (χ4n) is 1.53. The monoisotopic (exact) mass is 236 g/mol. The predicted molar refractivity (Wildman–Crippen MR) is 68.4 cm³/mol. The molecule has 0 fully saturated rings. The van der Waals surface area contributed by atoms with Crippen LogP contribution in [0.1, 0.15) is 18.9 Å². The van der Waals surface area contributed by atoms with E-state index in [9.17, 15) is 4.79 Å². The Morgan fingerprint density at radius 2 is 2.00 bits per heavy atom. The summed E-state index contributed by atoms with van der Waals surface area (Å²) in [4.78, 5) is 13.3. The lowest BCUT2D eigenvalue weighted by atomic mass is 10.2. The van der Waals surface area contributed by atoms with E-state index in [0.717, 1.165) is 12.2 Å². The molecule has 1 aromatic rings. The average molecular weight is 236 g/mol. The minimum atomic E-state index is -0.142. The standard InChI is InChI=1S/C13H20N2O2/c1-3-17-13(16)8-9-15(2)10-11-4-6-12(14)7-5-11/h4-7H,3,8-10,14H2,1-2H3. The van der Waals surface area contributed by atoms with Crippen molar-refractivity contribution in [3.8, 4) is 0 Å². The summed E-state index contributed by atoms with van der Waals surface area (Å²) in [5, 5.41) is 0. The molecule has 94 valence electrons. The molecule has 0 amide bonds. The highest BCUT2D eigenvalue weighted by Crippen LogP contribution is 2.07. The summed E-state index contributed by atoms with van der Waals surface area (Å²) in [5.74, 6) is -0.142. The van der Waals surface area contributed by atoms with Crippen LogP contribution in [-0.2, 0) is 16.1 Å². The molecule has 0 aliphatic rings. The second kappa shape index (κ2) is 6.91. The fraction of sp³-hybridized carbons (Fsp3) is 0.462. The summed E-state index contributed by atoms with van der Waals surface area (Å²) in [6.45, 7) is 3.76. The van der Waals surface area contributed by atoms with Gasteiger partial charge in [0.25, 0.3) is 0 Å². The molecule has 0 unspecified atom stereocenters.